The topological polar surface area (TPSA) is 32.8 Å². The molecule has 4 rings (SSSR count). The van der Waals surface area contributed by atoms with E-state index in [0.717, 1.165) is 39.0 Å². The van der Waals surface area contributed by atoms with Gasteiger partial charge in [0.2, 0.25) is 0 Å². The normalized spacial score (nSPS) is 25.0. The lowest BCUT2D eigenvalue weighted by atomic mass is 9.95. The SMILES string of the molecule is COC(=O)N1C[C@H]2CC[C@@H]1CN(CCCc1ccccc1)C2. The van der Waals surface area contributed by atoms with E-state index in [2.05, 4.69) is 35.2 Å². The molecular formula is C18H26N2O2. The Labute approximate surface area is 133 Å². The van der Waals surface area contributed by atoms with Gasteiger partial charge >= 0.3 is 6.09 Å². The van der Waals surface area contributed by atoms with Crippen molar-refractivity contribution in [3.8, 4) is 0 Å². The number of amides is 1. The zero-order valence-corrected chi connectivity index (χ0v) is 13.4. The van der Waals surface area contributed by atoms with Crippen molar-refractivity contribution < 1.29 is 9.53 Å². The Hall–Kier alpha value is -1.55. The van der Waals surface area contributed by atoms with Crippen molar-refractivity contribution in [1.29, 1.82) is 0 Å². The summed E-state index contributed by atoms with van der Waals surface area (Å²) in [5, 5.41) is 0. The summed E-state index contributed by atoms with van der Waals surface area (Å²) in [6.07, 6.45) is 4.53. The van der Waals surface area contributed by atoms with Gasteiger partial charge in [-0.05, 0) is 43.7 Å². The lowest BCUT2D eigenvalue weighted by molar-refractivity contribution is 0.0834. The summed E-state index contributed by atoms with van der Waals surface area (Å²) in [7, 11) is 1.48. The first-order chi connectivity index (χ1) is 10.8. The van der Waals surface area contributed by atoms with E-state index >= 15 is 0 Å². The van der Waals surface area contributed by atoms with Gasteiger partial charge < -0.3 is 14.5 Å². The van der Waals surface area contributed by atoms with Gasteiger partial charge in [0.1, 0.15) is 0 Å². The van der Waals surface area contributed by atoms with Crippen LogP contribution in [0.25, 0.3) is 0 Å². The van der Waals surface area contributed by atoms with Crippen LogP contribution in [-0.2, 0) is 11.2 Å². The standard InChI is InChI=1S/C18H26N2O2/c1-22-18(21)20-13-16-9-10-17(20)14-19(12-16)11-5-8-15-6-3-2-4-7-15/h2-4,6-7,16-17H,5,8-14H2,1H3/t16-,17+/m0/s1. The molecule has 3 fully saturated rings. The summed E-state index contributed by atoms with van der Waals surface area (Å²) in [4.78, 5) is 16.4. The molecule has 4 heteroatoms. The van der Waals surface area contributed by atoms with Crippen molar-refractivity contribution in [2.45, 2.75) is 31.7 Å². The van der Waals surface area contributed by atoms with Gasteiger partial charge in [0.05, 0.1) is 7.11 Å². The molecule has 2 bridgehead atoms. The molecule has 0 radical (unpaired) electrons. The fraction of sp³-hybridized carbons (Fsp3) is 0.611. The van der Waals surface area contributed by atoms with Crippen LogP contribution >= 0.6 is 0 Å². The largest absolute Gasteiger partial charge is 0.453 e. The van der Waals surface area contributed by atoms with Crippen molar-refractivity contribution in [1.82, 2.24) is 9.80 Å². The van der Waals surface area contributed by atoms with E-state index in [4.69, 9.17) is 4.74 Å². The minimum absolute atomic E-state index is 0.152. The molecule has 3 saturated heterocycles. The molecule has 0 saturated carbocycles. The van der Waals surface area contributed by atoms with Crippen LogP contribution in [0.4, 0.5) is 4.79 Å². The highest BCUT2D eigenvalue weighted by Crippen LogP contribution is 2.28. The van der Waals surface area contributed by atoms with Gasteiger partial charge in [-0.3, -0.25) is 0 Å². The van der Waals surface area contributed by atoms with E-state index < -0.39 is 0 Å². The molecule has 0 aromatic heterocycles. The molecule has 1 amide bonds. The first-order valence-corrected chi connectivity index (χ1v) is 8.37. The Morgan fingerprint density at radius 2 is 2.00 bits per heavy atom. The van der Waals surface area contributed by atoms with E-state index in [1.165, 1.54) is 25.5 Å². The van der Waals surface area contributed by atoms with E-state index in [1.807, 2.05) is 4.90 Å². The molecule has 22 heavy (non-hydrogen) atoms. The fourth-order valence-electron chi connectivity index (χ4n) is 3.85. The fourth-order valence-corrected chi connectivity index (χ4v) is 3.85. The number of hydrogen-bond donors (Lipinski definition) is 0. The molecule has 0 aliphatic carbocycles. The van der Waals surface area contributed by atoms with Crippen molar-refractivity contribution in [2.24, 2.45) is 5.92 Å². The Morgan fingerprint density at radius 3 is 2.77 bits per heavy atom. The number of benzene rings is 1. The van der Waals surface area contributed by atoms with Gasteiger partial charge in [0.15, 0.2) is 0 Å². The predicted octanol–water partition coefficient (Wildman–Crippen LogP) is 2.78. The molecule has 1 aromatic rings. The third-order valence-corrected chi connectivity index (χ3v) is 4.98. The highest BCUT2D eigenvalue weighted by Gasteiger charge is 2.37. The number of fused-ring (bicyclic) bond motifs is 4. The van der Waals surface area contributed by atoms with Crippen molar-refractivity contribution in [3.05, 3.63) is 35.9 Å². The van der Waals surface area contributed by atoms with Crippen LogP contribution in [0.15, 0.2) is 30.3 Å². The number of ether oxygens (including phenoxy) is 1. The lowest BCUT2D eigenvalue weighted by Gasteiger charge is -2.34. The number of piperidine rings is 1. The average Bonchev–Trinajstić information content (AvgIpc) is 2.86. The van der Waals surface area contributed by atoms with Gasteiger partial charge in [-0.25, -0.2) is 4.79 Å². The lowest BCUT2D eigenvalue weighted by Crippen LogP contribution is -2.47. The minimum Gasteiger partial charge on any atom is -0.453 e. The second kappa shape index (κ2) is 7.14. The molecule has 0 N–H and O–H groups in total. The molecular weight excluding hydrogens is 276 g/mol. The average molecular weight is 302 g/mol. The van der Waals surface area contributed by atoms with E-state index in [0.29, 0.717) is 12.0 Å². The number of carbonyl (C=O) groups excluding carboxylic acids is 1. The number of hydrogen-bond acceptors (Lipinski definition) is 3. The molecule has 120 valence electrons. The van der Waals surface area contributed by atoms with Crippen LogP contribution in [0.2, 0.25) is 0 Å². The molecule has 3 aliphatic rings. The Kier molecular flexibility index (Phi) is 4.98. The molecule has 2 atom stereocenters. The maximum atomic E-state index is 11.9. The minimum atomic E-state index is -0.152. The summed E-state index contributed by atoms with van der Waals surface area (Å²) in [5.74, 6) is 0.606. The maximum Gasteiger partial charge on any atom is 0.409 e. The molecule has 0 spiro atoms. The van der Waals surface area contributed by atoms with Crippen LogP contribution in [0.5, 0.6) is 0 Å². The van der Waals surface area contributed by atoms with Gasteiger partial charge in [0.25, 0.3) is 0 Å². The zero-order chi connectivity index (χ0) is 15.4. The van der Waals surface area contributed by atoms with Crippen molar-refractivity contribution in [2.75, 3.05) is 33.3 Å². The van der Waals surface area contributed by atoms with Crippen LogP contribution < -0.4 is 0 Å². The van der Waals surface area contributed by atoms with E-state index in [9.17, 15) is 4.79 Å². The molecule has 3 aliphatic heterocycles. The van der Waals surface area contributed by atoms with Crippen LogP contribution in [-0.4, -0.2) is 55.2 Å². The van der Waals surface area contributed by atoms with Gasteiger partial charge in [-0.2, -0.15) is 0 Å². The quantitative estimate of drug-likeness (QED) is 0.857. The summed E-state index contributed by atoms with van der Waals surface area (Å²) < 4.78 is 4.94. The van der Waals surface area contributed by atoms with Crippen LogP contribution in [0, 0.1) is 5.92 Å². The monoisotopic (exact) mass is 302 g/mol. The summed E-state index contributed by atoms with van der Waals surface area (Å²) in [6.45, 7) is 4.11. The first kappa shape index (κ1) is 15.3. The predicted molar refractivity (Wildman–Crippen MR) is 86.8 cm³/mol. The molecule has 4 nitrogen and oxygen atoms in total. The summed E-state index contributed by atoms with van der Waals surface area (Å²) in [5.41, 5.74) is 1.41. The van der Waals surface area contributed by atoms with E-state index in [1.54, 1.807) is 0 Å². The second-order valence-electron chi connectivity index (χ2n) is 6.57. The maximum absolute atomic E-state index is 11.9. The van der Waals surface area contributed by atoms with Gasteiger partial charge in [0, 0.05) is 25.7 Å². The second-order valence-corrected chi connectivity index (χ2v) is 6.57. The third-order valence-electron chi connectivity index (χ3n) is 4.98. The number of rotatable bonds is 4. The number of aryl methyl sites for hydroxylation is 1. The van der Waals surface area contributed by atoms with Gasteiger partial charge in [-0.15, -0.1) is 0 Å². The molecule has 3 heterocycles. The molecule has 0 unspecified atom stereocenters. The number of methoxy groups -OCH3 is 1. The van der Waals surface area contributed by atoms with Crippen molar-refractivity contribution in [3.63, 3.8) is 0 Å². The van der Waals surface area contributed by atoms with Crippen LogP contribution in [0.3, 0.4) is 0 Å². The highest BCUT2D eigenvalue weighted by atomic mass is 16.5. The zero-order valence-electron chi connectivity index (χ0n) is 13.4. The number of nitrogens with zero attached hydrogens (tertiary/aromatic N) is 2. The molecule has 1 aromatic carbocycles. The Morgan fingerprint density at radius 1 is 1.18 bits per heavy atom. The summed E-state index contributed by atoms with van der Waals surface area (Å²) in [6, 6.07) is 11.0. The number of carbonyl (C=O) groups is 1. The van der Waals surface area contributed by atoms with Crippen molar-refractivity contribution >= 4 is 6.09 Å². The third kappa shape index (κ3) is 3.61. The Bertz CT molecular complexity index is 491. The smallest absolute Gasteiger partial charge is 0.409 e. The highest BCUT2D eigenvalue weighted by molar-refractivity contribution is 5.68. The summed E-state index contributed by atoms with van der Waals surface area (Å²) >= 11 is 0. The van der Waals surface area contributed by atoms with Crippen LogP contribution in [0.1, 0.15) is 24.8 Å². The Balaban J connectivity index is 1.52. The van der Waals surface area contributed by atoms with Gasteiger partial charge in [-0.1, -0.05) is 30.3 Å². The van der Waals surface area contributed by atoms with E-state index in [-0.39, 0.29) is 6.09 Å². The first-order valence-electron chi connectivity index (χ1n) is 8.37.